The summed E-state index contributed by atoms with van der Waals surface area (Å²) < 4.78 is 12.3. The number of nitro groups is 1. The highest BCUT2D eigenvalue weighted by Gasteiger charge is 2.17. The van der Waals surface area contributed by atoms with Crippen molar-refractivity contribution >= 4 is 21.6 Å². The predicted octanol–water partition coefficient (Wildman–Crippen LogP) is 2.20. The molecule has 1 N–H and O–H groups in total. The zero-order chi connectivity index (χ0) is 9.30. The van der Waals surface area contributed by atoms with Crippen molar-refractivity contribution in [3.05, 3.63) is 32.5 Å². The standard InChI is InChI=1S/C6H3BrFNO3/c7-5-4(9(11)12)2-1-3(8)6(5)10/h1-2,10H. The lowest BCUT2D eigenvalue weighted by Gasteiger charge is -1.98. The van der Waals surface area contributed by atoms with E-state index < -0.39 is 16.5 Å². The number of nitro benzene ring substituents is 1. The van der Waals surface area contributed by atoms with Crippen LogP contribution in [-0.4, -0.2) is 10.0 Å². The number of benzene rings is 1. The smallest absolute Gasteiger partial charge is 0.287 e. The number of nitrogens with zero attached hydrogens (tertiary/aromatic N) is 1. The minimum absolute atomic E-state index is 0.243. The van der Waals surface area contributed by atoms with E-state index in [-0.39, 0.29) is 10.2 Å². The first-order valence-corrected chi connectivity index (χ1v) is 3.64. The van der Waals surface area contributed by atoms with Crippen molar-refractivity contribution in [2.24, 2.45) is 0 Å². The molecule has 0 aromatic heterocycles. The Balaban J connectivity index is 3.36. The number of aromatic hydroxyl groups is 1. The summed E-state index contributed by atoms with van der Waals surface area (Å²) in [4.78, 5) is 9.51. The van der Waals surface area contributed by atoms with Gasteiger partial charge >= 0.3 is 0 Å². The highest BCUT2D eigenvalue weighted by Crippen LogP contribution is 2.34. The van der Waals surface area contributed by atoms with Crippen LogP contribution in [0.4, 0.5) is 10.1 Å². The number of hydrogen-bond donors (Lipinski definition) is 1. The topological polar surface area (TPSA) is 63.4 Å². The summed E-state index contributed by atoms with van der Waals surface area (Å²) in [5, 5.41) is 19.1. The normalized spacial score (nSPS) is 9.83. The van der Waals surface area contributed by atoms with E-state index in [2.05, 4.69) is 15.9 Å². The van der Waals surface area contributed by atoms with Crippen molar-refractivity contribution < 1.29 is 14.4 Å². The number of phenols is 1. The van der Waals surface area contributed by atoms with Gasteiger partial charge in [0.05, 0.1) is 4.92 Å². The van der Waals surface area contributed by atoms with Crippen molar-refractivity contribution in [2.45, 2.75) is 0 Å². The van der Waals surface area contributed by atoms with Gasteiger partial charge in [-0.05, 0) is 22.0 Å². The van der Waals surface area contributed by atoms with Crippen molar-refractivity contribution in [2.75, 3.05) is 0 Å². The number of phenolic OH excluding ortho intramolecular Hbond substituents is 1. The lowest BCUT2D eigenvalue weighted by Crippen LogP contribution is -1.90. The van der Waals surface area contributed by atoms with Crippen LogP contribution in [0.25, 0.3) is 0 Å². The van der Waals surface area contributed by atoms with Gasteiger partial charge in [-0.1, -0.05) is 0 Å². The first-order valence-electron chi connectivity index (χ1n) is 2.85. The molecule has 0 amide bonds. The van der Waals surface area contributed by atoms with Crippen molar-refractivity contribution in [1.29, 1.82) is 0 Å². The van der Waals surface area contributed by atoms with E-state index in [1.807, 2.05) is 0 Å². The quantitative estimate of drug-likeness (QED) is 0.600. The van der Waals surface area contributed by atoms with Gasteiger partial charge in [0.25, 0.3) is 5.69 Å². The Bertz CT molecular complexity index is 342. The van der Waals surface area contributed by atoms with Crippen LogP contribution in [0.5, 0.6) is 5.75 Å². The molecule has 1 aromatic rings. The molecule has 0 bridgehead atoms. The van der Waals surface area contributed by atoms with E-state index in [0.717, 1.165) is 12.1 Å². The monoisotopic (exact) mass is 235 g/mol. The van der Waals surface area contributed by atoms with Gasteiger partial charge in [0.1, 0.15) is 4.47 Å². The molecule has 0 heterocycles. The van der Waals surface area contributed by atoms with Crippen LogP contribution in [0.2, 0.25) is 0 Å². The molecular formula is C6H3BrFNO3. The maximum absolute atomic E-state index is 12.5. The van der Waals surface area contributed by atoms with Crippen molar-refractivity contribution in [1.82, 2.24) is 0 Å². The van der Waals surface area contributed by atoms with Crippen LogP contribution < -0.4 is 0 Å². The fraction of sp³-hybridized carbons (Fsp3) is 0. The van der Waals surface area contributed by atoms with Crippen LogP contribution >= 0.6 is 15.9 Å². The second-order valence-corrected chi connectivity index (χ2v) is 2.78. The summed E-state index contributed by atoms with van der Waals surface area (Å²) in [5.41, 5.74) is -0.367. The third-order valence-corrected chi connectivity index (χ3v) is 2.03. The summed E-state index contributed by atoms with van der Waals surface area (Å²) in [5.74, 6) is -1.64. The molecular weight excluding hydrogens is 233 g/mol. The van der Waals surface area contributed by atoms with Crippen molar-refractivity contribution in [3.8, 4) is 5.75 Å². The summed E-state index contributed by atoms with van der Waals surface area (Å²) in [6, 6.07) is 1.80. The first kappa shape index (κ1) is 8.92. The SMILES string of the molecule is O=[N+]([O-])c1ccc(F)c(O)c1Br. The minimum Gasteiger partial charge on any atom is -0.504 e. The van der Waals surface area contributed by atoms with Gasteiger partial charge in [-0.15, -0.1) is 0 Å². The molecule has 0 aliphatic rings. The fourth-order valence-corrected chi connectivity index (χ4v) is 1.14. The Hall–Kier alpha value is -1.17. The second-order valence-electron chi connectivity index (χ2n) is 1.99. The lowest BCUT2D eigenvalue weighted by molar-refractivity contribution is -0.385. The molecule has 0 saturated carbocycles. The maximum Gasteiger partial charge on any atom is 0.287 e. The molecule has 6 heteroatoms. The Labute approximate surface area is 74.9 Å². The van der Waals surface area contributed by atoms with Crippen LogP contribution in [0.15, 0.2) is 16.6 Å². The molecule has 1 rings (SSSR count). The Kier molecular flexibility index (Phi) is 2.27. The molecule has 0 radical (unpaired) electrons. The molecule has 0 spiro atoms. The third kappa shape index (κ3) is 1.38. The Morgan fingerprint density at radius 2 is 2.17 bits per heavy atom. The second kappa shape index (κ2) is 3.06. The molecule has 0 aliphatic carbocycles. The van der Waals surface area contributed by atoms with Crippen LogP contribution in [-0.2, 0) is 0 Å². The van der Waals surface area contributed by atoms with E-state index in [9.17, 15) is 14.5 Å². The molecule has 12 heavy (non-hydrogen) atoms. The lowest BCUT2D eigenvalue weighted by atomic mass is 10.3. The van der Waals surface area contributed by atoms with Gasteiger partial charge in [-0.3, -0.25) is 10.1 Å². The molecule has 0 fully saturated rings. The fourth-order valence-electron chi connectivity index (χ4n) is 0.671. The summed E-state index contributed by atoms with van der Waals surface area (Å²) in [7, 11) is 0. The molecule has 0 unspecified atom stereocenters. The van der Waals surface area contributed by atoms with E-state index in [1.165, 1.54) is 0 Å². The largest absolute Gasteiger partial charge is 0.504 e. The Morgan fingerprint density at radius 3 is 2.67 bits per heavy atom. The van der Waals surface area contributed by atoms with E-state index in [1.54, 1.807) is 0 Å². The number of halogens is 2. The minimum atomic E-state index is -0.896. The van der Waals surface area contributed by atoms with Gasteiger partial charge in [-0.2, -0.15) is 0 Å². The summed E-state index contributed by atoms with van der Waals surface area (Å²) in [6.45, 7) is 0. The Morgan fingerprint density at radius 1 is 1.58 bits per heavy atom. The highest BCUT2D eigenvalue weighted by atomic mass is 79.9. The molecule has 0 saturated heterocycles. The van der Waals surface area contributed by atoms with Gasteiger partial charge < -0.3 is 5.11 Å². The number of hydrogen-bond acceptors (Lipinski definition) is 3. The summed E-state index contributed by atoms with van der Waals surface area (Å²) in [6.07, 6.45) is 0. The predicted molar refractivity (Wildman–Crippen MR) is 42.4 cm³/mol. The van der Waals surface area contributed by atoms with E-state index >= 15 is 0 Å². The van der Waals surface area contributed by atoms with E-state index in [4.69, 9.17) is 5.11 Å². The number of rotatable bonds is 1. The van der Waals surface area contributed by atoms with Crippen LogP contribution in [0.3, 0.4) is 0 Å². The zero-order valence-electron chi connectivity index (χ0n) is 5.62. The molecule has 0 aliphatic heterocycles. The van der Waals surface area contributed by atoms with Crippen LogP contribution in [0, 0.1) is 15.9 Å². The van der Waals surface area contributed by atoms with Gasteiger partial charge in [0, 0.05) is 6.07 Å². The van der Waals surface area contributed by atoms with Crippen molar-refractivity contribution in [3.63, 3.8) is 0 Å². The van der Waals surface area contributed by atoms with E-state index in [0.29, 0.717) is 0 Å². The third-order valence-electron chi connectivity index (χ3n) is 1.24. The van der Waals surface area contributed by atoms with Gasteiger partial charge in [0.15, 0.2) is 11.6 Å². The van der Waals surface area contributed by atoms with Gasteiger partial charge in [-0.25, -0.2) is 4.39 Å². The highest BCUT2D eigenvalue weighted by molar-refractivity contribution is 9.10. The molecule has 1 aromatic carbocycles. The van der Waals surface area contributed by atoms with Gasteiger partial charge in [0.2, 0.25) is 0 Å². The van der Waals surface area contributed by atoms with Crippen LogP contribution in [0.1, 0.15) is 0 Å². The maximum atomic E-state index is 12.5. The molecule has 64 valence electrons. The molecule has 0 atom stereocenters. The average Bonchev–Trinajstić information content (AvgIpc) is 2.00. The average molecular weight is 236 g/mol. The zero-order valence-corrected chi connectivity index (χ0v) is 7.21. The summed E-state index contributed by atoms with van der Waals surface area (Å²) >= 11 is 2.70. The first-order chi connectivity index (χ1) is 5.54. The molecule has 4 nitrogen and oxygen atoms in total.